The van der Waals surface area contributed by atoms with Gasteiger partial charge in [-0.3, -0.25) is 25.3 Å². The highest BCUT2D eigenvalue weighted by Gasteiger charge is 2.34. The van der Waals surface area contributed by atoms with Crippen LogP contribution in [0.15, 0.2) is 65.8 Å². The first-order valence-electron chi connectivity index (χ1n) is 16.8. The zero-order chi connectivity index (χ0) is 36.7. The van der Waals surface area contributed by atoms with Crippen LogP contribution in [-0.4, -0.2) is 94.9 Å². The van der Waals surface area contributed by atoms with Gasteiger partial charge < -0.3 is 25.6 Å². The van der Waals surface area contributed by atoms with Crippen LogP contribution in [0.1, 0.15) is 48.9 Å². The summed E-state index contributed by atoms with van der Waals surface area (Å²) in [4.78, 5) is 40.5. The molecule has 1 aromatic heterocycles. The van der Waals surface area contributed by atoms with E-state index in [9.17, 15) is 9.59 Å². The van der Waals surface area contributed by atoms with Crippen molar-refractivity contribution in [2.75, 3.05) is 56.9 Å². The average Bonchev–Trinajstić information content (AvgIpc) is 3.60. The molecule has 2 aliphatic heterocycles. The van der Waals surface area contributed by atoms with Crippen molar-refractivity contribution in [3.8, 4) is 5.88 Å². The Kier molecular flexibility index (Phi) is 12.5. The molecule has 0 spiro atoms. The van der Waals surface area contributed by atoms with Gasteiger partial charge in [-0.2, -0.15) is 0 Å². The van der Waals surface area contributed by atoms with Crippen molar-refractivity contribution in [2.45, 2.75) is 30.8 Å². The lowest BCUT2D eigenvalue weighted by Gasteiger charge is -2.29. The minimum atomic E-state index is -0.743. The number of nitrogen functional groups attached to an aromatic ring is 1. The molecule has 0 saturated carbocycles. The van der Waals surface area contributed by atoms with Crippen LogP contribution >= 0.6 is 22.6 Å². The average molecular weight is 808 g/mol. The highest BCUT2D eigenvalue weighted by molar-refractivity contribution is 14.1. The number of aliphatic imine (C=N–C) groups is 1. The predicted octanol–water partition coefficient (Wildman–Crippen LogP) is 4.94. The SMILES string of the molecule is CCN(C(=O)[C@@H]1CCN(CC(=O)N2CC=C(c3ccc(C(=N)/N=C\NC)cc3)CC2)C1)c1ccc(N)c(C(=N)c2ccc(OC(C)I)nc2)c1F. The first kappa shape index (κ1) is 37.6. The van der Waals surface area contributed by atoms with Crippen molar-refractivity contribution in [3.63, 3.8) is 0 Å². The summed E-state index contributed by atoms with van der Waals surface area (Å²) in [5.74, 6) is -0.812. The molecular formula is C37H43FIN9O3. The van der Waals surface area contributed by atoms with Gasteiger partial charge in [-0.1, -0.05) is 30.3 Å². The fourth-order valence-corrected chi connectivity index (χ4v) is 6.55. The number of ether oxygens (including phenoxy) is 1. The lowest BCUT2D eigenvalue weighted by molar-refractivity contribution is -0.132. The van der Waals surface area contributed by atoms with Crippen LogP contribution in [0.2, 0.25) is 0 Å². The van der Waals surface area contributed by atoms with Crippen LogP contribution in [0.5, 0.6) is 5.88 Å². The van der Waals surface area contributed by atoms with Gasteiger partial charge in [-0.05, 0) is 85.2 Å². The first-order chi connectivity index (χ1) is 24.5. The van der Waals surface area contributed by atoms with Crippen LogP contribution in [0.25, 0.3) is 5.57 Å². The minimum Gasteiger partial charge on any atom is -0.464 e. The van der Waals surface area contributed by atoms with Crippen LogP contribution in [0.4, 0.5) is 15.8 Å². The number of amidine groups is 1. The normalized spacial score (nSPS) is 16.8. The zero-order valence-electron chi connectivity index (χ0n) is 29.0. The summed E-state index contributed by atoms with van der Waals surface area (Å²) in [6.45, 7) is 6.14. The largest absolute Gasteiger partial charge is 0.464 e. The van der Waals surface area contributed by atoms with E-state index in [1.165, 1.54) is 29.6 Å². The summed E-state index contributed by atoms with van der Waals surface area (Å²) in [5, 5.41) is 19.6. The Hall–Kier alpha value is -4.70. The molecule has 14 heteroatoms. The number of pyridine rings is 1. The number of nitrogens with two attached hydrogens (primary N) is 1. The van der Waals surface area contributed by atoms with Crippen molar-refractivity contribution in [2.24, 2.45) is 10.9 Å². The molecular weight excluding hydrogens is 764 g/mol. The summed E-state index contributed by atoms with van der Waals surface area (Å²) >= 11 is 2.11. The van der Waals surface area contributed by atoms with E-state index in [-0.39, 0.29) is 57.5 Å². The van der Waals surface area contributed by atoms with E-state index in [4.69, 9.17) is 21.3 Å². The van der Waals surface area contributed by atoms with Crippen molar-refractivity contribution >= 4 is 69.2 Å². The minimum absolute atomic E-state index is 0.00237. The molecule has 12 nitrogen and oxygen atoms in total. The smallest absolute Gasteiger partial charge is 0.237 e. The van der Waals surface area contributed by atoms with Gasteiger partial charge in [0.25, 0.3) is 0 Å². The van der Waals surface area contributed by atoms with Gasteiger partial charge >= 0.3 is 0 Å². The Bertz CT molecular complexity index is 1830. The first-order valence-corrected chi connectivity index (χ1v) is 18.1. The fraction of sp³-hybridized carbons (Fsp3) is 0.351. The van der Waals surface area contributed by atoms with Gasteiger partial charge in [0.15, 0.2) is 11.7 Å². The standard InChI is InChI=1S/C37H43FIN9O3/c1-4-48(30-11-10-29(40)33(34(30)38)35(41)27-9-12-31(44-19-27)51-23(2)39)37(50)28-13-16-46(20-28)21-32(49)47-17-14-25(15-18-47)24-5-7-26(8-6-24)36(42)45-22-43-3/h5-12,14,19,22-23,28,41H,4,13,15-18,20-21,40H2,1-3H3,(H2,42,43,45)/t23?,28-/m1/s1. The third kappa shape index (κ3) is 8.97. The van der Waals surface area contributed by atoms with Crippen molar-refractivity contribution in [3.05, 3.63) is 88.9 Å². The number of halogens is 2. The maximum Gasteiger partial charge on any atom is 0.237 e. The number of anilines is 2. The molecule has 2 aliphatic rings. The van der Waals surface area contributed by atoms with Gasteiger partial charge in [0.2, 0.25) is 17.7 Å². The fourth-order valence-electron chi connectivity index (χ4n) is 6.29. The highest BCUT2D eigenvalue weighted by Crippen LogP contribution is 2.31. The molecule has 5 N–H and O–H groups in total. The Labute approximate surface area is 311 Å². The van der Waals surface area contributed by atoms with Crippen molar-refractivity contribution < 1.29 is 18.7 Å². The third-order valence-electron chi connectivity index (χ3n) is 8.98. The summed E-state index contributed by atoms with van der Waals surface area (Å²) in [6.07, 6.45) is 6.25. The highest BCUT2D eigenvalue weighted by atomic mass is 127. The van der Waals surface area contributed by atoms with Crippen LogP contribution in [0.3, 0.4) is 0 Å². The molecule has 2 amide bonds. The summed E-state index contributed by atoms with van der Waals surface area (Å²) in [5.41, 5.74) is 9.36. The van der Waals surface area contributed by atoms with Crippen LogP contribution < -0.4 is 20.7 Å². The van der Waals surface area contributed by atoms with Gasteiger partial charge in [-0.15, -0.1) is 0 Å². The van der Waals surface area contributed by atoms with Crippen molar-refractivity contribution in [1.29, 1.82) is 10.8 Å². The molecule has 0 aliphatic carbocycles. The maximum atomic E-state index is 16.1. The second-order valence-corrected chi connectivity index (χ2v) is 14.1. The van der Waals surface area contributed by atoms with Crippen LogP contribution in [-0.2, 0) is 9.59 Å². The van der Waals surface area contributed by atoms with E-state index in [1.54, 1.807) is 26.1 Å². The number of aromatic nitrogens is 1. The van der Waals surface area contributed by atoms with Crippen LogP contribution in [0, 0.1) is 22.6 Å². The van der Waals surface area contributed by atoms with E-state index in [0.29, 0.717) is 50.5 Å². The number of likely N-dealkylation sites (tertiary alicyclic amines) is 1. The quantitative estimate of drug-likeness (QED) is 0.0662. The molecule has 1 fully saturated rings. The number of benzene rings is 2. The lowest BCUT2D eigenvalue weighted by atomic mass is 9.98. The number of hydrogen-bond donors (Lipinski definition) is 4. The number of carbonyl (C=O) groups excluding carboxylic acids is 2. The number of alkyl halides is 1. The molecule has 1 unspecified atom stereocenters. The number of amides is 2. The molecule has 0 bridgehead atoms. The molecule has 2 aromatic carbocycles. The lowest BCUT2D eigenvalue weighted by Crippen LogP contribution is -2.42. The second kappa shape index (κ2) is 17.0. The maximum absolute atomic E-state index is 16.1. The monoisotopic (exact) mass is 807 g/mol. The van der Waals surface area contributed by atoms with Gasteiger partial charge in [0.05, 0.1) is 35.8 Å². The summed E-state index contributed by atoms with van der Waals surface area (Å²) < 4.78 is 21.6. The molecule has 268 valence electrons. The second-order valence-electron chi connectivity index (χ2n) is 12.4. The van der Waals surface area contributed by atoms with E-state index >= 15 is 4.39 Å². The zero-order valence-corrected chi connectivity index (χ0v) is 31.1. The number of hydrogen-bond acceptors (Lipinski definition) is 8. The Morgan fingerprint density at radius 1 is 1.18 bits per heavy atom. The van der Waals surface area contributed by atoms with E-state index in [0.717, 1.165) is 16.7 Å². The summed E-state index contributed by atoms with van der Waals surface area (Å²) in [7, 11) is 1.73. The predicted molar refractivity (Wildman–Crippen MR) is 208 cm³/mol. The number of nitrogens with zero attached hydrogens (tertiary/aromatic N) is 5. The molecule has 1 saturated heterocycles. The number of carbonyl (C=O) groups is 2. The Morgan fingerprint density at radius 3 is 2.55 bits per heavy atom. The van der Waals surface area contributed by atoms with E-state index in [1.807, 2.05) is 41.0 Å². The molecule has 3 heterocycles. The van der Waals surface area contributed by atoms with E-state index < -0.39 is 11.7 Å². The molecule has 3 aromatic rings. The number of nitrogens with one attached hydrogen (secondary N) is 3. The molecule has 0 radical (unpaired) electrons. The van der Waals surface area contributed by atoms with E-state index in [2.05, 4.69) is 44.0 Å². The molecule has 2 atom stereocenters. The van der Waals surface area contributed by atoms with Crippen molar-refractivity contribution in [1.82, 2.24) is 20.1 Å². The third-order valence-corrected chi connectivity index (χ3v) is 9.23. The van der Waals surface area contributed by atoms with Gasteiger partial charge in [0, 0.05) is 62.3 Å². The van der Waals surface area contributed by atoms with Gasteiger partial charge in [0.1, 0.15) is 4.11 Å². The summed E-state index contributed by atoms with van der Waals surface area (Å²) in [6, 6.07) is 13.9. The number of rotatable bonds is 12. The molecule has 5 rings (SSSR count). The van der Waals surface area contributed by atoms with Gasteiger partial charge in [-0.25, -0.2) is 14.4 Å². The molecule has 51 heavy (non-hydrogen) atoms. The Balaban J connectivity index is 1.19. The Morgan fingerprint density at radius 2 is 1.92 bits per heavy atom. The topological polar surface area (TPSA) is 164 Å².